The van der Waals surface area contributed by atoms with Crippen molar-refractivity contribution in [3.05, 3.63) is 24.3 Å². The average molecular weight is 292 g/mol. The van der Waals surface area contributed by atoms with Crippen molar-refractivity contribution in [1.29, 1.82) is 0 Å². The van der Waals surface area contributed by atoms with Crippen molar-refractivity contribution in [3.8, 4) is 5.75 Å². The van der Waals surface area contributed by atoms with Crippen LogP contribution in [0.25, 0.3) is 0 Å². The Kier molecular flexibility index (Phi) is 5.20. The number of benzene rings is 1. The SMILES string of the molecule is CCC(C)Oc1cccc(NC(=O)C2(N)CCOCC2)c1. The van der Waals surface area contributed by atoms with Crippen LogP contribution in [0.5, 0.6) is 5.75 Å². The van der Waals surface area contributed by atoms with E-state index in [0.29, 0.717) is 31.7 Å². The predicted molar refractivity (Wildman–Crippen MR) is 82.4 cm³/mol. The van der Waals surface area contributed by atoms with Crippen molar-refractivity contribution in [2.45, 2.75) is 44.8 Å². The first kappa shape index (κ1) is 15.8. The lowest BCUT2D eigenvalue weighted by molar-refractivity contribution is -0.124. The Morgan fingerprint density at radius 1 is 1.48 bits per heavy atom. The van der Waals surface area contributed by atoms with E-state index in [2.05, 4.69) is 12.2 Å². The van der Waals surface area contributed by atoms with Crippen LogP contribution < -0.4 is 15.8 Å². The van der Waals surface area contributed by atoms with Crippen molar-refractivity contribution >= 4 is 11.6 Å². The molecular weight excluding hydrogens is 268 g/mol. The number of hydrogen-bond donors (Lipinski definition) is 2. The summed E-state index contributed by atoms with van der Waals surface area (Å²) < 4.78 is 11.0. The molecule has 5 heteroatoms. The Hall–Kier alpha value is -1.59. The molecule has 3 N–H and O–H groups in total. The highest BCUT2D eigenvalue weighted by Crippen LogP contribution is 2.23. The second-order valence-corrected chi connectivity index (χ2v) is 5.59. The van der Waals surface area contributed by atoms with Gasteiger partial charge >= 0.3 is 0 Å². The van der Waals surface area contributed by atoms with E-state index < -0.39 is 5.54 Å². The van der Waals surface area contributed by atoms with E-state index in [-0.39, 0.29) is 12.0 Å². The topological polar surface area (TPSA) is 73.6 Å². The zero-order chi connectivity index (χ0) is 15.3. The summed E-state index contributed by atoms with van der Waals surface area (Å²) in [6.07, 6.45) is 2.17. The molecule has 0 spiro atoms. The highest BCUT2D eigenvalue weighted by atomic mass is 16.5. The van der Waals surface area contributed by atoms with Crippen LogP contribution in [0.15, 0.2) is 24.3 Å². The van der Waals surface area contributed by atoms with Gasteiger partial charge in [-0.1, -0.05) is 13.0 Å². The van der Waals surface area contributed by atoms with Crippen LogP contribution in [0.3, 0.4) is 0 Å². The van der Waals surface area contributed by atoms with Crippen LogP contribution in [-0.2, 0) is 9.53 Å². The number of rotatable bonds is 5. The van der Waals surface area contributed by atoms with Crippen molar-refractivity contribution in [1.82, 2.24) is 0 Å². The van der Waals surface area contributed by atoms with Crippen LogP contribution in [0.2, 0.25) is 0 Å². The Morgan fingerprint density at radius 2 is 2.19 bits per heavy atom. The third kappa shape index (κ3) is 4.19. The monoisotopic (exact) mass is 292 g/mol. The van der Waals surface area contributed by atoms with Gasteiger partial charge in [0, 0.05) is 25.0 Å². The third-order valence-electron chi connectivity index (χ3n) is 3.84. The highest BCUT2D eigenvalue weighted by molar-refractivity contribution is 5.98. The molecule has 1 aromatic rings. The van der Waals surface area contributed by atoms with Crippen LogP contribution >= 0.6 is 0 Å². The van der Waals surface area contributed by atoms with Crippen LogP contribution in [0, 0.1) is 0 Å². The lowest BCUT2D eigenvalue weighted by Gasteiger charge is -2.31. The summed E-state index contributed by atoms with van der Waals surface area (Å²) >= 11 is 0. The normalized spacial score (nSPS) is 18.8. The number of hydrogen-bond acceptors (Lipinski definition) is 4. The summed E-state index contributed by atoms with van der Waals surface area (Å²) in [5.41, 5.74) is 6.03. The fraction of sp³-hybridized carbons (Fsp3) is 0.562. The Morgan fingerprint density at radius 3 is 2.86 bits per heavy atom. The predicted octanol–water partition coefficient (Wildman–Crippen LogP) is 2.31. The van der Waals surface area contributed by atoms with Crippen molar-refractivity contribution < 1.29 is 14.3 Å². The molecule has 0 aliphatic carbocycles. The van der Waals surface area contributed by atoms with Crippen LogP contribution in [-0.4, -0.2) is 30.8 Å². The molecule has 1 saturated heterocycles. The van der Waals surface area contributed by atoms with Gasteiger partial charge in [-0.15, -0.1) is 0 Å². The van der Waals surface area contributed by atoms with Crippen LogP contribution in [0.1, 0.15) is 33.1 Å². The molecule has 1 amide bonds. The highest BCUT2D eigenvalue weighted by Gasteiger charge is 2.35. The van der Waals surface area contributed by atoms with E-state index in [1.165, 1.54) is 0 Å². The van der Waals surface area contributed by atoms with Gasteiger partial charge in [0.05, 0.1) is 6.10 Å². The van der Waals surface area contributed by atoms with Gasteiger partial charge in [0.1, 0.15) is 11.3 Å². The minimum Gasteiger partial charge on any atom is -0.491 e. The van der Waals surface area contributed by atoms with Gasteiger partial charge < -0.3 is 20.5 Å². The average Bonchev–Trinajstić information content (AvgIpc) is 2.48. The van der Waals surface area contributed by atoms with Crippen molar-refractivity contribution in [2.24, 2.45) is 5.73 Å². The molecule has 5 nitrogen and oxygen atoms in total. The molecule has 116 valence electrons. The van der Waals surface area contributed by atoms with Gasteiger partial charge in [0.25, 0.3) is 0 Å². The zero-order valence-electron chi connectivity index (χ0n) is 12.7. The first-order valence-corrected chi connectivity index (χ1v) is 7.48. The summed E-state index contributed by atoms with van der Waals surface area (Å²) in [5, 5.41) is 2.88. The maximum absolute atomic E-state index is 12.3. The van der Waals surface area contributed by atoms with E-state index in [0.717, 1.165) is 12.2 Å². The Labute approximate surface area is 125 Å². The number of carbonyl (C=O) groups excluding carboxylic acids is 1. The fourth-order valence-corrected chi connectivity index (χ4v) is 2.18. The van der Waals surface area contributed by atoms with E-state index in [1.807, 2.05) is 31.2 Å². The smallest absolute Gasteiger partial charge is 0.244 e. The molecule has 21 heavy (non-hydrogen) atoms. The van der Waals surface area contributed by atoms with Gasteiger partial charge in [-0.3, -0.25) is 4.79 Å². The fourth-order valence-electron chi connectivity index (χ4n) is 2.18. The second-order valence-electron chi connectivity index (χ2n) is 5.59. The third-order valence-corrected chi connectivity index (χ3v) is 3.84. The molecule has 1 aliphatic heterocycles. The van der Waals surface area contributed by atoms with E-state index >= 15 is 0 Å². The first-order valence-electron chi connectivity index (χ1n) is 7.48. The molecule has 0 saturated carbocycles. The van der Waals surface area contributed by atoms with Crippen molar-refractivity contribution in [3.63, 3.8) is 0 Å². The largest absolute Gasteiger partial charge is 0.491 e. The summed E-state index contributed by atoms with van der Waals surface area (Å²) in [7, 11) is 0. The number of carbonyl (C=O) groups is 1. The zero-order valence-corrected chi connectivity index (χ0v) is 12.7. The molecule has 0 aromatic heterocycles. The summed E-state index contributed by atoms with van der Waals surface area (Å²) in [4.78, 5) is 12.3. The number of amides is 1. The first-order chi connectivity index (χ1) is 10.0. The molecule has 0 bridgehead atoms. The van der Waals surface area contributed by atoms with E-state index in [9.17, 15) is 4.79 Å². The van der Waals surface area contributed by atoms with Crippen molar-refractivity contribution in [2.75, 3.05) is 18.5 Å². The summed E-state index contributed by atoms with van der Waals surface area (Å²) in [6, 6.07) is 7.41. The number of anilines is 1. The number of nitrogens with one attached hydrogen (secondary N) is 1. The molecule has 1 fully saturated rings. The molecule has 1 aromatic carbocycles. The second kappa shape index (κ2) is 6.91. The van der Waals surface area contributed by atoms with Gasteiger partial charge in [0.15, 0.2) is 0 Å². The van der Waals surface area contributed by atoms with Gasteiger partial charge in [-0.2, -0.15) is 0 Å². The van der Waals surface area contributed by atoms with Gasteiger partial charge in [-0.25, -0.2) is 0 Å². The van der Waals surface area contributed by atoms with Gasteiger partial charge in [0.2, 0.25) is 5.91 Å². The molecule has 1 atom stereocenters. The molecular formula is C16H24N2O3. The van der Waals surface area contributed by atoms with E-state index in [1.54, 1.807) is 0 Å². The lowest BCUT2D eigenvalue weighted by Crippen LogP contribution is -2.54. The van der Waals surface area contributed by atoms with E-state index in [4.69, 9.17) is 15.2 Å². The standard InChI is InChI=1S/C16H24N2O3/c1-3-12(2)21-14-6-4-5-13(11-14)18-15(19)16(17)7-9-20-10-8-16/h4-6,11-12H,3,7-10,17H2,1-2H3,(H,18,19). The molecule has 1 unspecified atom stereocenters. The molecule has 1 aliphatic rings. The maximum atomic E-state index is 12.3. The van der Waals surface area contributed by atoms with Crippen LogP contribution in [0.4, 0.5) is 5.69 Å². The Balaban J connectivity index is 2.02. The quantitative estimate of drug-likeness (QED) is 0.873. The van der Waals surface area contributed by atoms with Gasteiger partial charge in [-0.05, 0) is 38.3 Å². The maximum Gasteiger partial charge on any atom is 0.244 e. The summed E-state index contributed by atoms with van der Waals surface area (Å²) in [6.45, 7) is 5.14. The number of nitrogens with two attached hydrogens (primary N) is 1. The molecule has 2 rings (SSSR count). The summed E-state index contributed by atoms with van der Waals surface area (Å²) in [5.74, 6) is 0.590. The minimum absolute atomic E-state index is 0.146. The lowest BCUT2D eigenvalue weighted by atomic mass is 9.90. The molecule has 1 heterocycles. The Bertz CT molecular complexity index is 484. The number of ether oxygens (including phenoxy) is 2. The minimum atomic E-state index is -0.841. The molecule has 0 radical (unpaired) electrons.